The summed E-state index contributed by atoms with van der Waals surface area (Å²) in [5.74, 6) is 0.166. The van der Waals surface area contributed by atoms with Crippen LogP contribution in [0.5, 0.6) is 0 Å². The minimum Gasteiger partial charge on any atom is -0.329 e. The van der Waals surface area contributed by atoms with Crippen molar-refractivity contribution in [1.29, 1.82) is 0 Å². The second-order valence-electron chi connectivity index (χ2n) is 6.61. The van der Waals surface area contributed by atoms with Crippen molar-refractivity contribution >= 4 is 33.4 Å². The van der Waals surface area contributed by atoms with Crippen LogP contribution in [0, 0.1) is 0 Å². The average Bonchev–Trinajstić information content (AvgIpc) is 2.51. The van der Waals surface area contributed by atoms with Gasteiger partial charge in [-0.3, -0.25) is 4.79 Å². The number of nitrogens with zero attached hydrogens (tertiary/aromatic N) is 1. The second-order valence-corrected chi connectivity index (χ2v) is 7.87. The first-order valence-electron chi connectivity index (χ1n) is 7.24. The molecular weight excluding hydrogens is 352 g/mol. The summed E-state index contributed by atoms with van der Waals surface area (Å²) in [6.45, 7) is 6.16. The van der Waals surface area contributed by atoms with Gasteiger partial charge in [-0.2, -0.15) is 0 Å². The first-order chi connectivity index (χ1) is 9.71. The molecule has 5 heteroatoms. The van der Waals surface area contributed by atoms with E-state index >= 15 is 0 Å². The zero-order valence-electron chi connectivity index (χ0n) is 12.7. The van der Waals surface area contributed by atoms with E-state index in [0.29, 0.717) is 11.4 Å². The van der Waals surface area contributed by atoms with Crippen LogP contribution in [0.3, 0.4) is 0 Å². The fourth-order valence-corrected chi connectivity index (χ4v) is 3.43. The van der Waals surface area contributed by atoms with E-state index in [-0.39, 0.29) is 23.5 Å². The molecule has 0 radical (unpaired) electrons. The van der Waals surface area contributed by atoms with Crippen LogP contribution in [0.1, 0.15) is 51.6 Å². The highest BCUT2D eigenvalue weighted by Gasteiger charge is 2.39. The van der Waals surface area contributed by atoms with Crippen molar-refractivity contribution in [3.8, 4) is 0 Å². The molecule has 1 aromatic rings. The molecule has 21 heavy (non-hydrogen) atoms. The topological polar surface area (TPSA) is 46.3 Å². The molecule has 0 aromatic heterocycles. The summed E-state index contributed by atoms with van der Waals surface area (Å²) in [4.78, 5) is 14.5. The molecule has 1 aliphatic rings. The molecule has 0 bridgehead atoms. The quantitative estimate of drug-likeness (QED) is 0.798. The lowest BCUT2D eigenvalue weighted by Gasteiger charge is -2.43. The van der Waals surface area contributed by atoms with Gasteiger partial charge in [-0.1, -0.05) is 17.7 Å². The standard InChI is InChI=1S/C16H22BrClN2O/c1-16(2,3)20-14(21)6-4-5-13(19)15(20)10-7-8-11(17)12(18)9-10/h7-9,13,15H,4-6,19H2,1-3H3. The predicted octanol–water partition coefficient (Wildman–Crippen LogP) is 4.28. The van der Waals surface area contributed by atoms with Crippen molar-refractivity contribution in [3.63, 3.8) is 0 Å². The second kappa shape index (κ2) is 6.27. The summed E-state index contributed by atoms with van der Waals surface area (Å²) >= 11 is 9.64. The number of hydrogen-bond acceptors (Lipinski definition) is 2. The van der Waals surface area contributed by atoms with Crippen molar-refractivity contribution in [2.75, 3.05) is 0 Å². The van der Waals surface area contributed by atoms with E-state index in [0.717, 1.165) is 22.9 Å². The summed E-state index contributed by atoms with van der Waals surface area (Å²) in [5.41, 5.74) is 7.13. The Bertz CT molecular complexity index is 542. The number of benzene rings is 1. The monoisotopic (exact) mass is 372 g/mol. The molecule has 1 heterocycles. The van der Waals surface area contributed by atoms with Gasteiger partial charge in [-0.25, -0.2) is 0 Å². The molecule has 0 spiro atoms. The number of likely N-dealkylation sites (tertiary alicyclic amines) is 1. The maximum Gasteiger partial charge on any atom is 0.223 e. The van der Waals surface area contributed by atoms with E-state index in [2.05, 4.69) is 36.7 Å². The minimum absolute atomic E-state index is 0.0760. The third-order valence-electron chi connectivity index (χ3n) is 3.89. The van der Waals surface area contributed by atoms with Crippen LogP contribution >= 0.6 is 27.5 Å². The molecule has 2 atom stereocenters. The zero-order chi connectivity index (χ0) is 15.8. The highest BCUT2D eigenvalue weighted by Crippen LogP contribution is 2.37. The molecule has 2 unspecified atom stereocenters. The summed E-state index contributed by atoms with van der Waals surface area (Å²) in [5, 5.41) is 0.644. The van der Waals surface area contributed by atoms with Gasteiger partial charge in [0.25, 0.3) is 0 Å². The lowest BCUT2D eigenvalue weighted by molar-refractivity contribution is -0.139. The summed E-state index contributed by atoms with van der Waals surface area (Å²) in [6, 6.07) is 5.62. The molecule has 0 saturated carbocycles. The molecule has 1 aliphatic heterocycles. The van der Waals surface area contributed by atoms with E-state index in [1.54, 1.807) is 0 Å². The van der Waals surface area contributed by atoms with E-state index in [4.69, 9.17) is 17.3 Å². The number of amides is 1. The lowest BCUT2D eigenvalue weighted by Crippen LogP contribution is -2.51. The Morgan fingerprint density at radius 3 is 2.62 bits per heavy atom. The number of carbonyl (C=O) groups is 1. The van der Waals surface area contributed by atoms with E-state index < -0.39 is 0 Å². The van der Waals surface area contributed by atoms with Crippen LogP contribution < -0.4 is 5.73 Å². The molecule has 1 amide bonds. The minimum atomic E-state index is -0.275. The summed E-state index contributed by atoms with van der Waals surface area (Å²) < 4.78 is 0.851. The zero-order valence-corrected chi connectivity index (χ0v) is 15.0. The molecule has 2 N–H and O–H groups in total. The normalized spacial score (nSPS) is 24.1. The van der Waals surface area contributed by atoms with Crippen LogP contribution in [0.25, 0.3) is 0 Å². The van der Waals surface area contributed by atoms with Crippen LogP contribution in [0.2, 0.25) is 5.02 Å². The number of halogens is 2. The number of nitrogens with two attached hydrogens (primary N) is 1. The third-order valence-corrected chi connectivity index (χ3v) is 5.12. The van der Waals surface area contributed by atoms with Gasteiger partial charge in [0.1, 0.15) is 0 Å². The first kappa shape index (κ1) is 16.8. The lowest BCUT2D eigenvalue weighted by atomic mass is 9.92. The van der Waals surface area contributed by atoms with Crippen molar-refractivity contribution < 1.29 is 4.79 Å². The highest BCUT2D eigenvalue weighted by atomic mass is 79.9. The number of hydrogen-bond donors (Lipinski definition) is 1. The largest absolute Gasteiger partial charge is 0.329 e. The van der Waals surface area contributed by atoms with E-state index in [1.807, 2.05) is 23.1 Å². The van der Waals surface area contributed by atoms with Gasteiger partial charge < -0.3 is 10.6 Å². The molecule has 3 nitrogen and oxygen atoms in total. The summed E-state index contributed by atoms with van der Waals surface area (Å²) in [6.07, 6.45) is 2.25. The van der Waals surface area contributed by atoms with Gasteiger partial charge in [0, 0.05) is 22.5 Å². The molecule has 1 fully saturated rings. The number of carbonyl (C=O) groups excluding carboxylic acids is 1. The molecule has 1 saturated heterocycles. The maximum absolute atomic E-state index is 12.6. The smallest absolute Gasteiger partial charge is 0.223 e. The van der Waals surface area contributed by atoms with Gasteiger partial charge in [0.15, 0.2) is 0 Å². The third kappa shape index (κ3) is 3.61. The van der Waals surface area contributed by atoms with Gasteiger partial charge >= 0.3 is 0 Å². The van der Waals surface area contributed by atoms with Crippen molar-refractivity contribution in [2.45, 2.75) is 57.7 Å². The maximum atomic E-state index is 12.6. The predicted molar refractivity (Wildman–Crippen MR) is 90.3 cm³/mol. The molecule has 1 aromatic carbocycles. The van der Waals surface area contributed by atoms with Crippen LogP contribution in [0.15, 0.2) is 22.7 Å². The SMILES string of the molecule is CC(C)(C)N1C(=O)CCCC(N)C1c1ccc(Br)c(Cl)c1. The summed E-state index contributed by atoms with van der Waals surface area (Å²) in [7, 11) is 0. The number of rotatable bonds is 1. The Morgan fingerprint density at radius 2 is 2.05 bits per heavy atom. The van der Waals surface area contributed by atoms with Gasteiger partial charge in [0.2, 0.25) is 5.91 Å². The van der Waals surface area contributed by atoms with E-state index in [9.17, 15) is 4.79 Å². The van der Waals surface area contributed by atoms with Crippen LogP contribution in [-0.2, 0) is 4.79 Å². The van der Waals surface area contributed by atoms with Gasteiger partial charge in [0.05, 0.1) is 11.1 Å². The molecule has 2 rings (SSSR count). The molecule has 0 aliphatic carbocycles. The van der Waals surface area contributed by atoms with Crippen LogP contribution in [0.4, 0.5) is 0 Å². The van der Waals surface area contributed by atoms with Crippen molar-refractivity contribution in [3.05, 3.63) is 33.3 Å². The van der Waals surface area contributed by atoms with Gasteiger partial charge in [-0.15, -0.1) is 0 Å². The Morgan fingerprint density at radius 1 is 1.38 bits per heavy atom. The Kier molecular flexibility index (Phi) is 5.01. The Hall–Kier alpha value is -0.580. The molecule has 116 valence electrons. The first-order valence-corrected chi connectivity index (χ1v) is 8.41. The van der Waals surface area contributed by atoms with E-state index in [1.165, 1.54) is 0 Å². The van der Waals surface area contributed by atoms with Gasteiger partial charge in [-0.05, 0) is 67.2 Å². The van der Waals surface area contributed by atoms with Crippen molar-refractivity contribution in [2.24, 2.45) is 5.73 Å². The average molecular weight is 374 g/mol. The Balaban J connectivity index is 2.51. The van der Waals surface area contributed by atoms with Crippen LogP contribution in [-0.4, -0.2) is 22.4 Å². The highest BCUT2D eigenvalue weighted by molar-refractivity contribution is 9.10. The molecular formula is C16H22BrClN2O. The Labute approximate surface area is 140 Å². The fraction of sp³-hybridized carbons (Fsp3) is 0.562. The fourth-order valence-electron chi connectivity index (χ4n) is 3.00. The van der Waals surface area contributed by atoms with Crippen molar-refractivity contribution in [1.82, 2.24) is 4.90 Å².